The third kappa shape index (κ3) is 10.7. The molecule has 10 heteroatoms. The molecule has 0 fully saturated rings. The van der Waals surface area contributed by atoms with E-state index in [1.54, 1.807) is 19.2 Å². The molecule has 142 valence electrons. The van der Waals surface area contributed by atoms with E-state index in [4.69, 9.17) is 4.74 Å². The van der Waals surface area contributed by atoms with Crippen LogP contribution in [-0.2, 0) is 11.3 Å². The Morgan fingerprint density at radius 3 is 2.32 bits per heavy atom. The normalized spacial score (nSPS) is 11.3. The summed E-state index contributed by atoms with van der Waals surface area (Å²) in [7, 11) is 2.98. The monoisotopic (exact) mass is 474 g/mol. The lowest BCUT2D eigenvalue weighted by molar-refractivity contribution is -0.132. The number of carbonyl (C=O) groups is 1. The number of guanidine groups is 1. The number of nitrogens with one attached hydrogen (secondary N) is 3. The van der Waals surface area contributed by atoms with E-state index in [1.807, 2.05) is 12.1 Å². The van der Waals surface area contributed by atoms with E-state index in [-0.39, 0.29) is 48.9 Å². The summed E-state index contributed by atoms with van der Waals surface area (Å²) < 4.78 is 41.2. The zero-order valence-corrected chi connectivity index (χ0v) is 16.3. The fourth-order valence-corrected chi connectivity index (χ4v) is 1.71. The zero-order chi connectivity index (χ0) is 18.0. The van der Waals surface area contributed by atoms with Crippen molar-refractivity contribution in [1.82, 2.24) is 16.0 Å². The van der Waals surface area contributed by atoms with Gasteiger partial charge in [0, 0.05) is 20.1 Å². The molecule has 25 heavy (non-hydrogen) atoms. The van der Waals surface area contributed by atoms with Gasteiger partial charge in [0.15, 0.2) is 5.96 Å². The Balaban J connectivity index is 0.00000576. The fourth-order valence-electron chi connectivity index (χ4n) is 1.71. The Labute approximate surface area is 161 Å². The van der Waals surface area contributed by atoms with E-state index in [1.165, 1.54) is 7.05 Å². The van der Waals surface area contributed by atoms with E-state index in [2.05, 4.69) is 20.9 Å². The molecule has 0 unspecified atom stereocenters. The molecule has 0 atom stereocenters. The standard InChI is InChI=1S/C15H21F3N4O2.HI/c1-19-14(20-8-7-15(16,17)18)22-10-13(23)21-9-11-3-5-12(24-2)6-4-11;/h3-6H,7-10H2,1-2H3,(H,21,23)(H2,19,20,22);1H. The maximum atomic E-state index is 12.1. The number of hydrogen-bond donors (Lipinski definition) is 3. The molecule has 3 N–H and O–H groups in total. The van der Waals surface area contributed by atoms with Crippen molar-refractivity contribution in [2.24, 2.45) is 4.99 Å². The van der Waals surface area contributed by atoms with Crippen LogP contribution in [0.25, 0.3) is 0 Å². The summed E-state index contributed by atoms with van der Waals surface area (Å²) in [5.74, 6) is 0.559. The number of halogens is 4. The van der Waals surface area contributed by atoms with Gasteiger partial charge >= 0.3 is 6.18 Å². The number of rotatable bonds is 7. The highest BCUT2D eigenvalue weighted by molar-refractivity contribution is 14.0. The quantitative estimate of drug-likeness (QED) is 0.322. The molecule has 1 aromatic carbocycles. The van der Waals surface area contributed by atoms with Crippen molar-refractivity contribution in [1.29, 1.82) is 0 Å². The summed E-state index contributed by atoms with van der Waals surface area (Å²) in [6.45, 7) is -0.0664. The number of methoxy groups -OCH3 is 1. The van der Waals surface area contributed by atoms with Crippen molar-refractivity contribution in [3.05, 3.63) is 29.8 Å². The largest absolute Gasteiger partial charge is 0.497 e. The van der Waals surface area contributed by atoms with Crippen LogP contribution in [0.3, 0.4) is 0 Å². The van der Waals surface area contributed by atoms with Gasteiger partial charge in [-0.2, -0.15) is 13.2 Å². The van der Waals surface area contributed by atoms with Crippen LogP contribution in [0.4, 0.5) is 13.2 Å². The minimum absolute atomic E-state index is 0. The topological polar surface area (TPSA) is 74.8 Å². The maximum Gasteiger partial charge on any atom is 0.390 e. The van der Waals surface area contributed by atoms with E-state index in [0.717, 1.165) is 11.3 Å². The SMILES string of the molecule is CN=C(NCCC(F)(F)F)NCC(=O)NCc1ccc(OC)cc1.I. The molecule has 0 aliphatic rings. The number of benzene rings is 1. The highest BCUT2D eigenvalue weighted by Gasteiger charge is 2.26. The summed E-state index contributed by atoms with van der Waals surface area (Å²) in [5.41, 5.74) is 0.900. The Kier molecular flexibility index (Phi) is 11.0. The van der Waals surface area contributed by atoms with Gasteiger partial charge in [0.1, 0.15) is 5.75 Å². The summed E-state index contributed by atoms with van der Waals surface area (Å²) in [6, 6.07) is 7.21. The fraction of sp³-hybridized carbons (Fsp3) is 0.467. The molecule has 0 heterocycles. The minimum Gasteiger partial charge on any atom is -0.497 e. The molecule has 0 spiro atoms. The summed E-state index contributed by atoms with van der Waals surface area (Å²) in [5, 5.41) is 7.83. The Morgan fingerprint density at radius 2 is 1.80 bits per heavy atom. The number of hydrogen-bond acceptors (Lipinski definition) is 3. The number of carbonyl (C=O) groups excluding carboxylic acids is 1. The minimum atomic E-state index is -4.23. The second kappa shape index (κ2) is 11.8. The lowest BCUT2D eigenvalue weighted by Crippen LogP contribution is -2.43. The predicted molar refractivity (Wildman–Crippen MR) is 100 cm³/mol. The van der Waals surface area contributed by atoms with E-state index >= 15 is 0 Å². The Bertz CT molecular complexity index is 551. The average Bonchev–Trinajstić information content (AvgIpc) is 2.55. The molecule has 1 amide bonds. The van der Waals surface area contributed by atoms with Gasteiger partial charge in [-0.1, -0.05) is 12.1 Å². The van der Waals surface area contributed by atoms with Crippen molar-refractivity contribution in [2.45, 2.75) is 19.1 Å². The van der Waals surface area contributed by atoms with Gasteiger partial charge in [-0.3, -0.25) is 9.79 Å². The predicted octanol–water partition coefficient (Wildman–Crippen LogP) is 2.05. The highest BCUT2D eigenvalue weighted by atomic mass is 127. The first-order valence-corrected chi connectivity index (χ1v) is 7.25. The maximum absolute atomic E-state index is 12.1. The van der Waals surface area contributed by atoms with Crippen LogP contribution in [0.5, 0.6) is 5.75 Å². The molecular formula is C15H22F3IN4O2. The first-order valence-electron chi connectivity index (χ1n) is 7.25. The van der Waals surface area contributed by atoms with Crippen molar-refractivity contribution in [3.63, 3.8) is 0 Å². The number of amides is 1. The van der Waals surface area contributed by atoms with Gasteiger partial charge in [-0.15, -0.1) is 24.0 Å². The van der Waals surface area contributed by atoms with Gasteiger partial charge in [0.25, 0.3) is 0 Å². The van der Waals surface area contributed by atoms with Gasteiger partial charge in [0.05, 0.1) is 20.1 Å². The Hall–Kier alpha value is -1.72. The molecule has 0 bridgehead atoms. The van der Waals surface area contributed by atoms with Gasteiger partial charge < -0.3 is 20.7 Å². The van der Waals surface area contributed by atoms with Crippen LogP contribution in [0, 0.1) is 0 Å². The zero-order valence-electron chi connectivity index (χ0n) is 13.9. The van der Waals surface area contributed by atoms with Crippen molar-refractivity contribution in [2.75, 3.05) is 27.2 Å². The van der Waals surface area contributed by atoms with Gasteiger partial charge in [-0.05, 0) is 17.7 Å². The number of ether oxygens (including phenoxy) is 1. The second-order valence-corrected chi connectivity index (χ2v) is 4.84. The van der Waals surface area contributed by atoms with Crippen molar-refractivity contribution in [3.8, 4) is 5.75 Å². The van der Waals surface area contributed by atoms with Gasteiger partial charge in [-0.25, -0.2) is 0 Å². The summed E-state index contributed by atoms with van der Waals surface area (Å²) in [4.78, 5) is 15.5. The molecule has 1 aromatic rings. The van der Waals surface area contributed by atoms with Crippen LogP contribution in [-0.4, -0.2) is 45.3 Å². The van der Waals surface area contributed by atoms with Crippen molar-refractivity contribution >= 4 is 35.8 Å². The Morgan fingerprint density at radius 1 is 1.16 bits per heavy atom. The van der Waals surface area contributed by atoms with E-state index in [0.29, 0.717) is 6.54 Å². The molecule has 0 aromatic heterocycles. The van der Waals surface area contributed by atoms with Crippen LogP contribution < -0.4 is 20.7 Å². The third-order valence-electron chi connectivity index (χ3n) is 2.99. The molecule has 0 aliphatic heterocycles. The second-order valence-electron chi connectivity index (χ2n) is 4.84. The molecule has 1 rings (SSSR count). The first-order chi connectivity index (χ1) is 11.3. The lowest BCUT2D eigenvalue weighted by atomic mass is 10.2. The lowest BCUT2D eigenvalue weighted by Gasteiger charge is -2.13. The number of nitrogens with zero attached hydrogens (tertiary/aromatic N) is 1. The third-order valence-corrected chi connectivity index (χ3v) is 2.99. The summed E-state index contributed by atoms with van der Waals surface area (Å²) in [6.07, 6.45) is -5.21. The summed E-state index contributed by atoms with van der Waals surface area (Å²) >= 11 is 0. The van der Waals surface area contributed by atoms with E-state index in [9.17, 15) is 18.0 Å². The van der Waals surface area contributed by atoms with Crippen LogP contribution in [0.2, 0.25) is 0 Å². The molecule has 0 saturated carbocycles. The van der Waals surface area contributed by atoms with Crippen LogP contribution >= 0.6 is 24.0 Å². The van der Waals surface area contributed by atoms with Gasteiger partial charge in [0.2, 0.25) is 5.91 Å². The van der Waals surface area contributed by atoms with Crippen LogP contribution in [0.1, 0.15) is 12.0 Å². The average molecular weight is 474 g/mol. The molecular weight excluding hydrogens is 452 g/mol. The highest BCUT2D eigenvalue weighted by Crippen LogP contribution is 2.18. The first kappa shape index (κ1) is 23.3. The van der Waals surface area contributed by atoms with Crippen molar-refractivity contribution < 1.29 is 22.7 Å². The smallest absolute Gasteiger partial charge is 0.390 e. The molecule has 6 nitrogen and oxygen atoms in total. The molecule has 0 aliphatic carbocycles. The van der Waals surface area contributed by atoms with Crippen LogP contribution in [0.15, 0.2) is 29.3 Å². The number of aliphatic imine (C=N–C) groups is 1. The van der Waals surface area contributed by atoms with E-state index < -0.39 is 12.6 Å². The number of alkyl halides is 3. The molecule has 0 radical (unpaired) electrons. The molecule has 0 saturated heterocycles.